The van der Waals surface area contributed by atoms with Gasteiger partial charge in [0.15, 0.2) is 0 Å². The van der Waals surface area contributed by atoms with Crippen LogP contribution in [0, 0.1) is 0 Å². The first-order chi connectivity index (χ1) is 10.9. The van der Waals surface area contributed by atoms with E-state index in [0.717, 1.165) is 42.6 Å². The van der Waals surface area contributed by atoms with E-state index in [1.54, 1.807) is 0 Å². The van der Waals surface area contributed by atoms with Crippen molar-refractivity contribution in [1.29, 1.82) is 0 Å². The first kappa shape index (κ1) is 18.3. The minimum atomic E-state index is 0.127. The zero-order valence-corrected chi connectivity index (χ0v) is 16.1. The van der Waals surface area contributed by atoms with Gasteiger partial charge in [-0.25, -0.2) is 0 Å². The molecule has 1 amide bonds. The standard InChI is InChI=1S/C19H28BrNO2/c1-19(2,3)15-9-10-17(16(20)14-15)23-13-7-8-18(22)21-11-5-4-6-12-21/h9-10,14H,4-8,11-13H2,1-3H3. The van der Waals surface area contributed by atoms with E-state index in [9.17, 15) is 4.79 Å². The normalized spacial score (nSPS) is 15.6. The summed E-state index contributed by atoms with van der Waals surface area (Å²) >= 11 is 3.58. The number of amides is 1. The molecule has 1 aliphatic heterocycles. The van der Waals surface area contributed by atoms with Crippen LogP contribution in [0.2, 0.25) is 0 Å². The molecule has 1 aromatic carbocycles. The van der Waals surface area contributed by atoms with Crippen molar-refractivity contribution < 1.29 is 9.53 Å². The average molecular weight is 382 g/mol. The van der Waals surface area contributed by atoms with Crippen molar-refractivity contribution in [1.82, 2.24) is 4.90 Å². The number of piperidine rings is 1. The molecule has 0 atom stereocenters. The summed E-state index contributed by atoms with van der Waals surface area (Å²) in [6, 6.07) is 6.24. The van der Waals surface area contributed by atoms with Crippen molar-refractivity contribution in [2.45, 2.75) is 58.3 Å². The van der Waals surface area contributed by atoms with Gasteiger partial charge in [0.1, 0.15) is 5.75 Å². The Labute approximate surface area is 148 Å². The van der Waals surface area contributed by atoms with Crippen molar-refractivity contribution in [3.8, 4) is 5.75 Å². The summed E-state index contributed by atoms with van der Waals surface area (Å²) in [5, 5.41) is 0. The van der Waals surface area contributed by atoms with Crippen molar-refractivity contribution >= 4 is 21.8 Å². The largest absolute Gasteiger partial charge is 0.492 e. The fourth-order valence-corrected chi connectivity index (χ4v) is 3.28. The summed E-state index contributed by atoms with van der Waals surface area (Å²) < 4.78 is 6.80. The maximum Gasteiger partial charge on any atom is 0.222 e. The summed E-state index contributed by atoms with van der Waals surface area (Å²) in [5.41, 5.74) is 1.40. The Morgan fingerprint density at radius 3 is 2.52 bits per heavy atom. The molecule has 4 heteroatoms. The number of nitrogens with zero attached hydrogens (tertiary/aromatic N) is 1. The van der Waals surface area contributed by atoms with Gasteiger partial charge in [-0.05, 0) is 64.7 Å². The number of carbonyl (C=O) groups excluding carboxylic acids is 1. The lowest BCUT2D eigenvalue weighted by atomic mass is 9.87. The third-order valence-electron chi connectivity index (χ3n) is 4.30. The number of rotatable bonds is 5. The fourth-order valence-electron chi connectivity index (χ4n) is 2.79. The van der Waals surface area contributed by atoms with Gasteiger partial charge >= 0.3 is 0 Å². The van der Waals surface area contributed by atoms with Crippen LogP contribution in [0.25, 0.3) is 0 Å². The van der Waals surface area contributed by atoms with E-state index >= 15 is 0 Å². The Balaban J connectivity index is 1.77. The Morgan fingerprint density at radius 2 is 1.91 bits per heavy atom. The molecule has 0 bridgehead atoms. The Morgan fingerprint density at radius 1 is 1.22 bits per heavy atom. The summed E-state index contributed by atoms with van der Waals surface area (Å²) in [6.45, 7) is 9.02. The van der Waals surface area contributed by atoms with Gasteiger partial charge in [0.05, 0.1) is 11.1 Å². The lowest BCUT2D eigenvalue weighted by Crippen LogP contribution is -2.35. The van der Waals surface area contributed by atoms with Crippen LogP contribution in [0.15, 0.2) is 22.7 Å². The first-order valence-electron chi connectivity index (χ1n) is 8.58. The molecule has 0 unspecified atom stereocenters. The van der Waals surface area contributed by atoms with Crippen LogP contribution >= 0.6 is 15.9 Å². The minimum absolute atomic E-state index is 0.127. The highest BCUT2D eigenvalue weighted by Gasteiger charge is 2.17. The number of hydrogen-bond donors (Lipinski definition) is 0. The molecule has 23 heavy (non-hydrogen) atoms. The lowest BCUT2D eigenvalue weighted by Gasteiger charge is -2.26. The smallest absolute Gasteiger partial charge is 0.222 e. The van der Waals surface area contributed by atoms with Crippen LogP contribution in [-0.4, -0.2) is 30.5 Å². The van der Waals surface area contributed by atoms with E-state index in [0.29, 0.717) is 13.0 Å². The molecule has 1 aromatic rings. The number of halogens is 1. The maximum absolute atomic E-state index is 12.1. The maximum atomic E-state index is 12.1. The van der Waals surface area contributed by atoms with Crippen LogP contribution < -0.4 is 4.74 Å². The molecule has 1 saturated heterocycles. The summed E-state index contributed by atoms with van der Waals surface area (Å²) in [7, 11) is 0. The van der Waals surface area contributed by atoms with E-state index in [1.807, 2.05) is 11.0 Å². The second-order valence-electron chi connectivity index (χ2n) is 7.29. The molecule has 0 N–H and O–H groups in total. The summed E-state index contributed by atoms with van der Waals surface area (Å²) in [6.07, 6.45) is 4.90. The van der Waals surface area contributed by atoms with Gasteiger partial charge in [0, 0.05) is 19.5 Å². The predicted molar refractivity (Wildman–Crippen MR) is 98.0 cm³/mol. The van der Waals surface area contributed by atoms with Gasteiger partial charge in [0.25, 0.3) is 0 Å². The molecule has 1 heterocycles. The van der Waals surface area contributed by atoms with Gasteiger partial charge in [0.2, 0.25) is 5.91 Å². The Bertz CT molecular complexity index is 531. The van der Waals surface area contributed by atoms with Crippen LogP contribution in [-0.2, 0) is 10.2 Å². The molecule has 2 rings (SSSR count). The predicted octanol–water partition coefficient (Wildman–Crippen LogP) is 4.92. The van der Waals surface area contributed by atoms with Crippen LogP contribution in [0.3, 0.4) is 0 Å². The van der Waals surface area contributed by atoms with Crippen LogP contribution in [0.5, 0.6) is 5.75 Å². The monoisotopic (exact) mass is 381 g/mol. The zero-order valence-electron chi connectivity index (χ0n) is 14.5. The summed E-state index contributed by atoms with van der Waals surface area (Å²) in [5.74, 6) is 1.12. The van der Waals surface area contributed by atoms with Crippen molar-refractivity contribution in [3.63, 3.8) is 0 Å². The first-order valence-corrected chi connectivity index (χ1v) is 9.38. The van der Waals surface area contributed by atoms with E-state index in [4.69, 9.17) is 4.74 Å². The highest BCUT2D eigenvalue weighted by Crippen LogP contribution is 2.31. The van der Waals surface area contributed by atoms with E-state index in [1.165, 1.54) is 12.0 Å². The molecule has 1 fully saturated rings. The summed E-state index contributed by atoms with van der Waals surface area (Å²) in [4.78, 5) is 14.1. The van der Waals surface area contributed by atoms with Gasteiger partial charge in [-0.1, -0.05) is 26.8 Å². The second kappa shape index (κ2) is 8.18. The van der Waals surface area contributed by atoms with Gasteiger partial charge in [-0.3, -0.25) is 4.79 Å². The molecule has 0 aromatic heterocycles. The third-order valence-corrected chi connectivity index (χ3v) is 4.92. The van der Waals surface area contributed by atoms with Crippen molar-refractivity contribution in [2.24, 2.45) is 0 Å². The number of benzene rings is 1. The number of carbonyl (C=O) groups is 1. The number of hydrogen-bond acceptors (Lipinski definition) is 2. The molecule has 128 valence electrons. The number of ether oxygens (including phenoxy) is 1. The third kappa shape index (κ3) is 5.52. The van der Waals surface area contributed by atoms with Gasteiger partial charge in [-0.2, -0.15) is 0 Å². The molecule has 3 nitrogen and oxygen atoms in total. The highest BCUT2D eigenvalue weighted by atomic mass is 79.9. The molecular weight excluding hydrogens is 354 g/mol. The van der Waals surface area contributed by atoms with Gasteiger partial charge < -0.3 is 9.64 Å². The topological polar surface area (TPSA) is 29.5 Å². The SMILES string of the molecule is CC(C)(C)c1ccc(OCCCC(=O)N2CCCCC2)c(Br)c1. The molecule has 0 saturated carbocycles. The molecule has 0 spiro atoms. The van der Waals surface area contributed by atoms with E-state index < -0.39 is 0 Å². The number of likely N-dealkylation sites (tertiary alicyclic amines) is 1. The molecular formula is C19H28BrNO2. The second-order valence-corrected chi connectivity index (χ2v) is 8.14. The Kier molecular flexibility index (Phi) is 6.51. The van der Waals surface area contributed by atoms with Crippen molar-refractivity contribution in [3.05, 3.63) is 28.2 Å². The quantitative estimate of drug-likeness (QED) is 0.677. The molecule has 0 aliphatic carbocycles. The average Bonchev–Trinajstić information content (AvgIpc) is 2.52. The van der Waals surface area contributed by atoms with Crippen molar-refractivity contribution in [2.75, 3.05) is 19.7 Å². The van der Waals surface area contributed by atoms with Crippen LogP contribution in [0.4, 0.5) is 0 Å². The van der Waals surface area contributed by atoms with Crippen LogP contribution in [0.1, 0.15) is 58.4 Å². The fraction of sp³-hybridized carbons (Fsp3) is 0.632. The Hall–Kier alpha value is -1.03. The molecule has 1 aliphatic rings. The van der Waals surface area contributed by atoms with E-state index in [2.05, 4.69) is 48.8 Å². The minimum Gasteiger partial charge on any atom is -0.492 e. The van der Waals surface area contributed by atoms with E-state index in [-0.39, 0.29) is 11.3 Å². The lowest BCUT2D eigenvalue weighted by molar-refractivity contribution is -0.132. The molecule has 0 radical (unpaired) electrons. The zero-order chi connectivity index (χ0) is 16.9. The highest BCUT2D eigenvalue weighted by molar-refractivity contribution is 9.10. The van der Waals surface area contributed by atoms with Gasteiger partial charge in [-0.15, -0.1) is 0 Å².